The molecule has 0 unspecified atom stereocenters. The van der Waals surface area contributed by atoms with E-state index in [-0.39, 0.29) is 30.3 Å². The van der Waals surface area contributed by atoms with Crippen LogP contribution in [-0.4, -0.2) is 39.9 Å². The largest absolute Gasteiger partial charge is 0.508 e. The van der Waals surface area contributed by atoms with E-state index in [9.17, 15) is 20.1 Å². The third kappa shape index (κ3) is 6.69. The summed E-state index contributed by atoms with van der Waals surface area (Å²) in [5, 5.41) is 35.9. The Hall–Kier alpha value is -3.19. The number of rotatable bonds is 10. The van der Waals surface area contributed by atoms with Crippen LogP contribution in [0.2, 0.25) is 0 Å². The molecule has 3 aromatic rings. The highest BCUT2D eigenvalue weighted by molar-refractivity contribution is 5.79. The Bertz CT molecular complexity index is 1120. The molecule has 0 bridgehead atoms. The maximum absolute atomic E-state index is 12.5. The molecule has 0 aromatic heterocycles. The van der Waals surface area contributed by atoms with Crippen molar-refractivity contribution in [1.82, 2.24) is 10.6 Å². The third-order valence-corrected chi connectivity index (χ3v) is 6.66. The number of benzene rings is 3. The lowest BCUT2D eigenvalue weighted by molar-refractivity contribution is -0.121. The average Bonchev–Trinajstić information content (AvgIpc) is 3.26. The van der Waals surface area contributed by atoms with Gasteiger partial charge >= 0.3 is 0 Å². The van der Waals surface area contributed by atoms with Gasteiger partial charge < -0.3 is 26.0 Å². The molecular weight excluding hydrogens is 440 g/mol. The molecule has 0 saturated heterocycles. The number of hydrogen-bond acceptors (Lipinski definition) is 5. The van der Waals surface area contributed by atoms with Gasteiger partial charge in [0.15, 0.2) is 0 Å². The zero-order valence-corrected chi connectivity index (χ0v) is 20.1. The van der Waals surface area contributed by atoms with Gasteiger partial charge in [0.1, 0.15) is 5.75 Å². The molecule has 2 atom stereocenters. The Balaban J connectivity index is 1.21. The molecule has 0 spiro atoms. The number of aliphatic hydroxyl groups excluding tert-OH is 2. The van der Waals surface area contributed by atoms with Gasteiger partial charge in [0.2, 0.25) is 5.91 Å². The Morgan fingerprint density at radius 3 is 2.31 bits per heavy atom. The number of phenols is 1. The van der Waals surface area contributed by atoms with Crippen molar-refractivity contribution in [3.63, 3.8) is 0 Å². The molecule has 5 N–H and O–H groups in total. The fraction of sp³-hybridized carbons (Fsp3) is 0.345. The lowest BCUT2D eigenvalue weighted by Crippen LogP contribution is -2.36. The van der Waals surface area contributed by atoms with Gasteiger partial charge in [-0.2, -0.15) is 0 Å². The summed E-state index contributed by atoms with van der Waals surface area (Å²) in [6.07, 6.45) is 2.22. The van der Waals surface area contributed by atoms with E-state index in [1.165, 1.54) is 17.2 Å². The Kier molecular flexibility index (Phi) is 8.18. The van der Waals surface area contributed by atoms with Crippen molar-refractivity contribution in [2.75, 3.05) is 6.54 Å². The van der Waals surface area contributed by atoms with Gasteiger partial charge in [0, 0.05) is 24.2 Å². The van der Waals surface area contributed by atoms with Crippen molar-refractivity contribution in [3.05, 3.63) is 100 Å². The topological polar surface area (TPSA) is 102 Å². The summed E-state index contributed by atoms with van der Waals surface area (Å²) in [5.74, 6) is 0.0768. The minimum absolute atomic E-state index is 0.0230. The van der Waals surface area contributed by atoms with E-state index in [0.717, 1.165) is 30.4 Å². The maximum Gasteiger partial charge on any atom is 0.224 e. The quantitative estimate of drug-likeness (QED) is 0.311. The smallest absolute Gasteiger partial charge is 0.224 e. The van der Waals surface area contributed by atoms with Crippen LogP contribution in [0.4, 0.5) is 0 Å². The molecule has 1 aliphatic rings. The SMILES string of the molecule is C[C@H](Cc1ccc(CC(=O)NC2Cc3ccccc3C2)cc1)NC[C@@H](O)c1ccc(O)c(CO)c1. The van der Waals surface area contributed by atoms with Crippen molar-refractivity contribution in [1.29, 1.82) is 0 Å². The van der Waals surface area contributed by atoms with Gasteiger partial charge in [-0.1, -0.05) is 54.6 Å². The minimum Gasteiger partial charge on any atom is -0.508 e. The second-order valence-electron chi connectivity index (χ2n) is 9.51. The second kappa shape index (κ2) is 11.5. The number of carbonyl (C=O) groups excluding carboxylic acids is 1. The number of hydrogen-bond donors (Lipinski definition) is 5. The molecule has 3 aromatic carbocycles. The van der Waals surface area contributed by atoms with Crippen LogP contribution < -0.4 is 10.6 Å². The Labute approximate surface area is 206 Å². The second-order valence-corrected chi connectivity index (χ2v) is 9.51. The first kappa shape index (κ1) is 24.9. The Morgan fingerprint density at radius 1 is 1.00 bits per heavy atom. The molecule has 0 heterocycles. The molecular formula is C29H34N2O4. The Morgan fingerprint density at radius 2 is 1.66 bits per heavy atom. The summed E-state index contributed by atoms with van der Waals surface area (Å²) in [6.45, 7) is 2.15. The maximum atomic E-state index is 12.5. The highest BCUT2D eigenvalue weighted by Crippen LogP contribution is 2.23. The number of aromatic hydroxyl groups is 1. The summed E-state index contributed by atoms with van der Waals surface area (Å²) in [4.78, 5) is 12.5. The minimum atomic E-state index is -0.739. The first-order valence-corrected chi connectivity index (χ1v) is 12.2. The van der Waals surface area contributed by atoms with Crippen LogP contribution in [-0.2, 0) is 37.1 Å². The number of nitrogens with one attached hydrogen (secondary N) is 2. The molecule has 184 valence electrons. The lowest BCUT2D eigenvalue weighted by Gasteiger charge is -2.18. The first-order chi connectivity index (χ1) is 16.9. The van der Waals surface area contributed by atoms with Gasteiger partial charge in [-0.3, -0.25) is 4.79 Å². The average molecular weight is 475 g/mol. The predicted octanol–water partition coefficient (Wildman–Crippen LogP) is 2.96. The molecule has 0 saturated carbocycles. The highest BCUT2D eigenvalue weighted by atomic mass is 16.3. The fourth-order valence-electron chi connectivity index (χ4n) is 4.71. The molecule has 0 radical (unpaired) electrons. The van der Waals surface area contributed by atoms with Gasteiger partial charge in [0.05, 0.1) is 19.1 Å². The van der Waals surface area contributed by atoms with Gasteiger partial charge in [0.25, 0.3) is 0 Å². The molecule has 1 amide bonds. The molecule has 35 heavy (non-hydrogen) atoms. The molecule has 1 aliphatic carbocycles. The standard InChI is InChI=1S/C29H34N2O4/c1-19(30-17-28(34)24-10-11-27(33)25(14-24)18-32)12-20-6-8-21(9-7-20)13-29(35)31-26-15-22-4-2-3-5-23(22)16-26/h2-11,14,19,26,28,30,32-34H,12-13,15-18H2,1H3,(H,31,35)/t19-,28-/m1/s1. The van der Waals surface area contributed by atoms with Crippen LogP contribution in [0.5, 0.6) is 5.75 Å². The normalized spacial score (nSPS) is 14.9. The summed E-state index contributed by atoms with van der Waals surface area (Å²) in [5.41, 5.74) is 5.85. The van der Waals surface area contributed by atoms with Crippen molar-refractivity contribution < 1.29 is 20.1 Å². The summed E-state index contributed by atoms with van der Waals surface area (Å²) >= 11 is 0. The van der Waals surface area contributed by atoms with E-state index in [2.05, 4.69) is 41.8 Å². The van der Waals surface area contributed by atoms with Crippen LogP contribution in [0.1, 0.15) is 46.4 Å². The highest BCUT2D eigenvalue weighted by Gasteiger charge is 2.22. The molecule has 6 heteroatoms. The van der Waals surface area contributed by atoms with E-state index in [4.69, 9.17) is 0 Å². The van der Waals surface area contributed by atoms with E-state index < -0.39 is 6.10 Å². The zero-order chi connectivity index (χ0) is 24.8. The first-order valence-electron chi connectivity index (χ1n) is 12.2. The fourth-order valence-corrected chi connectivity index (χ4v) is 4.71. The summed E-state index contributed by atoms with van der Waals surface area (Å²) in [7, 11) is 0. The number of aliphatic hydroxyl groups is 2. The van der Waals surface area contributed by atoms with Gasteiger partial charge in [-0.25, -0.2) is 0 Å². The summed E-state index contributed by atoms with van der Waals surface area (Å²) < 4.78 is 0. The number of fused-ring (bicyclic) bond motifs is 1. The van der Waals surface area contributed by atoms with Gasteiger partial charge in [-0.05, 0) is 66.1 Å². The van der Waals surface area contributed by atoms with Gasteiger partial charge in [-0.15, -0.1) is 0 Å². The van der Waals surface area contributed by atoms with Crippen molar-refractivity contribution >= 4 is 5.91 Å². The van der Waals surface area contributed by atoms with Crippen LogP contribution >= 0.6 is 0 Å². The van der Waals surface area contributed by atoms with Crippen molar-refractivity contribution in [2.24, 2.45) is 0 Å². The third-order valence-electron chi connectivity index (χ3n) is 6.66. The summed E-state index contributed by atoms with van der Waals surface area (Å²) in [6, 6.07) is 21.6. The molecule has 6 nitrogen and oxygen atoms in total. The van der Waals surface area contributed by atoms with Crippen LogP contribution in [0.15, 0.2) is 66.7 Å². The van der Waals surface area contributed by atoms with Crippen LogP contribution in [0.3, 0.4) is 0 Å². The molecule has 4 rings (SSSR count). The lowest BCUT2D eigenvalue weighted by atomic mass is 10.0. The predicted molar refractivity (Wildman–Crippen MR) is 136 cm³/mol. The number of amides is 1. The van der Waals surface area contributed by atoms with Crippen LogP contribution in [0.25, 0.3) is 0 Å². The van der Waals surface area contributed by atoms with E-state index in [0.29, 0.717) is 24.1 Å². The molecule has 0 aliphatic heterocycles. The van der Waals surface area contributed by atoms with E-state index >= 15 is 0 Å². The van der Waals surface area contributed by atoms with Crippen molar-refractivity contribution in [3.8, 4) is 5.75 Å². The van der Waals surface area contributed by atoms with Crippen LogP contribution in [0, 0.1) is 0 Å². The molecule has 0 fully saturated rings. The monoisotopic (exact) mass is 474 g/mol. The zero-order valence-electron chi connectivity index (χ0n) is 20.1. The number of carbonyl (C=O) groups is 1. The van der Waals surface area contributed by atoms with E-state index in [1.807, 2.05) is 24.3 Å². The van der Waals surface area contributed by atoms with E-state index in [1.54, 1.807) is 12.1 Å². The van der Waals surface area contributed by atoms with Crippen molar-refractivity contribution in [2.45, 2.75) is 57.4 Å².